The van der Waals surface area contributed by atoms with E-state index in [0.29, 0.717) is 18.3 Å². The van der Waals surface area contributed by atoms with Gasteiger partial charge in [0.05, 0.1) is 6.10 Å². The highest BCUT2D eigenvalue weighted by atomic mass is 16.5. The number of aromatic amines is 1. The number of fused-ring (bicyclic) bond motifs is 1. The zero-order valence-corrected chi connectivity index (χ0v) is 11.9. The van der Waals surface area contributed by atoms with Gasteiger partial charge in [0, 0.05) is 25.8 Å². The molecule has 0 saturated carbocycles. The van der Waals surface area contributed by atoms with Gasteiger partial charge in [0.2, 0.25) is 0 Å². The Morgan fingerprint density at radius 3 is 3.00 bits per heavy atom. The van der Waals surface area contributed by atoms with Crippen molar-refractivity contribution in [3.8, 4) is 0 Å². The van der Waals surface area contributed by atoms with Crippen LogP contribution in [0.15, 0.2) is 17.2 Å². The van der Waals surface area contributed by atoms with Crippen LogP contribution in [0.2, 0.25) is 0 Å². The van der Waals surface area contributed by atoms with E-state index in [1.54, 1.807) is 0 Å². The van der Waals surface area contributed by atoms with Crippen LogP contribution in [0.4, 0.5) is 5.82 Å². The average molecular weight is 292 g/mol. The van der Waals surface area contributed by atoms with Gasteiger partial charge >= 0.3 is 5.69 Å². The van der Waals surface area contributed by atoms with Crippen molar-refractivity contribution in [2.45, 2.75) is 25.4 Å². The van der Waals surface area contributed by atoms with Gasteiger partial charge in [-0.25, -0.2) is 19.3 Å². The molecule has 3 rings (SSSR count). The Bertz CT molecular complexity index is 643. The van der Waals surface area contributed by atoms with Crippen LogP contribution in [0.1, 0.15) is 19.3 Å². The zero-order chi connectivity index (χ0) is 14.7. The fourth-order valence-electron chi connectivity index (χ4n) is 2.56. The van der Waals surface area contributed by atoms with E-state index in [1.807, 2.05) is 6.07 Å². The third-order valence-electron chi connectivity index (χ3n) is 3.76. The highest BCUT2D eigenvalue weighted by molar-refractivity contribution is 5.50. The molecule has 8 nitrogen and oxygen atoms in total. The summed E-state index contributed by atoms with van der Waals surface area (Å²) in [4.78, 5) is 17.9. The quantitative estimate of drug-likeness (QED) is 0.737. The lowest BCUT2D eigenvalue weighted by atomic mass is 10.1. The summed E-state index contributed by atoms with van der Waals surface area (Å²) in [6, 6.07) is 1.83. The molecule has 0 unspecified atom stereocenters. The molecule has 0 atom stereocenters. The molecule has 114 valence electrons. The van der Waals surface area contributed by atoms with Crippen LogP contribution in [-0.4, -0.2) is 51.9 Å². The first-order valence-corrected chi connectivity index (χ1v) is 7.27. The molecule has 1 fully saturated rings. The largest absolute Gasteiger partial charge is 0.378 e. The molecule has 3 heterocycles. The van der Waals surface area contributed by atoms with Gasteiger partial charge in [-0.2, -0.15) is 5.10 Å². The number of nitrogens with zero attached hydrogens (tertiary/aromatic N) is 4. The Morgan fingerprint density at radius 2 is 2.24 bits per heavy atom. The van der Waals surface area contributed by atoms with Crippen molar-refractivity contribution in [1.29, 1.82) is 0 Å². The number of aromatic nitrogens is 4. The van der Waals surface area contributed by atoms with Crippen LogP contribution < -0.4 is 16.3 Å². The fourth-order valence-corrected chi connectivity index (χ4v) is 2.56. The molecule has 0 spiro atoms. The highest BCUT2D eigenvalue weighted by Crippen LogP contribution is 2.20. The fraction of sp³-hybridized carbons (Fsp3) is 0.615. The van der Waals surface area contributed by atoms with Crippen molar-refractivity contribution < 1.29 is 4.74 Å². The summed E-state index contributed by atoms with van der Waals surface area (Å²) >= 11 is 0. The number of hydrogen-bond donors (Lipinski definition) is 2. The minimum Gasteiger partial charge on any atom is -0.378 e. The van der Waals surface area contributed by atoms with E-state index < -0.39 is 0 Å². The smallest absolute Gasteiger partial charge is 0.348 e. The second kappa shape index (κ2) is 6.23. The van der Waals surface area contributed by atoms with E-state index in [0.717, 1.165) is 44.8 Å². The normalized spacial score (nSPS) is 16.7. The Hall–Kier alpha value is -1.93. The second-order valence-corrected chi connectivity index (χ2v) is 5.20. The Kier molecular flexibility index (Phi) is 4.16. The van der Waals surface area contributed by atoms with E-state index in [9.17, 15) is 4.79 Å². The highest BCUT2D eigenvalue weighted by Gasteiger charge is 2.21. The zero-order valence-electron chi connectivity index (χ0n) is 11.9. The third kappa shape index (κ3) is 3.06. The van der Waals surface area contributed by atoms with Gasteiger partial charge in [0.1, 0.15) is 12.1 Å². The number of nitrogens with one attached hydrogen (secondary N) is 1. The van der Waals surface area contributed by atoms with Crippen LogP contribution >= 0.6 is 0 Å². The molecule has 0 radical (unpaired) electrons. The summed E-state index contributed by atoms with van der Waals surface area (Å²) in [6.07, 6.45) is 4.69. The molecule has 21 heavy (non-hydrogen) atoms. The van der Waals surface area contributed by atoms with E-state index >= 15 is 0 Å². The standard InChI is InChI=1S/C13H20N6O2/c14-4-1-7-21-10-2-5-18(6-3-10)11-8-12-16-17-13(20)19(12)9-15-11/h8-10H,1-7,14H2,(H,17,20). The second-order valence-electron chi connectivity index (χ2n) is 5.20. The van der Waals surface area contributed by atoms with Crippen molar-refractivity contribution in [2.24, 2.45) is 5.73 Å². The number of H-pyrrole nitrogens is 1. The minimum atomic E-state index is -0.268. The number of anilines is 1. The van der Waals surface area contributed by atoms with Crippen molar-refractivity contribution >= 4 is 11.5 Å². The van der Waals surface area contributed by atoms with Crippen molar-refractivity contribution in [1.82, 2.24) is 19.6 Å². The summed E-state index contributed by atoms with van der Waals surface area (Å²) in [5, 5.41) is 6.37. The maximum atomic E-state index is 11.4. The van der Waals surface area contributed by atoms with Crippen LogP contribution in [-0.2, 0) is 4.74 Å². The van der Waals surface area contributed by atoms with Gasteiger partial charge in [0.25, 0.3) is 0 Å². The van der Waals surface area contributed by atoms with Gasteiger partial charge < -0.3 is 15.4 Å². The van der Waals surface area contributed by atoms with Crippen molar-refractivity contribution in [3.05, 3.63) is 22.9 Å². The first-order chi connectivity index (χ1) is 10.3. The lowest BCUT2D eigenvalue weighted by Gasteiger charge is -2.32. The van der Waals surface area contributed by atoms with E-state index in [1.165, 1.54) is 10.7 Å². The van der Waals surface area contributed by atoms with Crippen LogP contribution in [0.5, 0.6) is 0 Å². The van der Waals surface area contributed by atoms with Crippen LogP contribution in [0, 0.1) is 0 Å². The number of rotatable bonds is 5. The molecule has 0 bridgehead atoms. The molecule has 1 aliphatic rings. The molecule has 3 N–H and O–H groups in total. The monoisotopic (exact) mass is 292 g/mol. The number of nitrogens with two attached hydrogens (primary N) is 1. The van der Waals surface area contributed by atoms with Gasteiger partial charge in [-0.1, -0.05) is 0 Å². The Morgan fingerprint density at radius 1 is 1.43 bits per heavy atom. The first kappa shape index (κ1) is 14.0. The Labute approximate surface area is 121 Å². The average Bonchev–Trinajstić information content (AvgIpc) is 2.89. The molecule has 8 heteroatoms. The third-order valence-corrected chi connectivity index (χ3v) is 3.76. The summed E-state index contributed by atoms with van der Waals surface area (Å²) in [6.45, 7) is 3.20. The van der Waals surface area contributed by atoms with Crippen LogP contribution in [0.3, 0.4) is 0 Å². The van der Waals surface area contributed by atoms with Crippen LogP contribution in [0.25, 0.3) is 5.65 Å². The van der Waals surface area contributed by atoms with Crippen molar-refractivity contribution in [3.63, 3.8) is 0 Å². The molecular formula is C13H20N6O2. The number of piperidine rings is 1. The van der Waals surface area contributed by atoms with Gasteiger partial charge in [-0.15, -0.1) is 0 Å². The lowest BCUT2D eigenvalue weighted by Crippen LogP contribution is -2.37. The molecule has 1 aliphatic heterocycles. The molecule has 0 aromatic carbocycles. The molecule has 2 aromatic rings. The number of hydrogen-bond acceptors (Lipinski definition) is 6. The first-order valence-electron chi connectivity index (χ1n) is 7.27. The summed E-state index contributed by atoms with van der Waals surface area (Å²) in [5.74, 6) is 0.849. The molecule has 0 aliphatic carbocycles. The maximum absolute atomic E-state index is 11.4. The van der Waals surface area contributed by atoms with E-state index in [2.05, 4.69) is 20.1 Å². The summed E-state index contributed by atoms with van der Waals surface area (Å²) in [7, 11) is 0. The number of ether oxygens (including phenoxy) is 1. The Balaban J connectivity index is 1.61. The summed E-state index contributed by atoms with van der Waals surface area (Å²) in [5.41, 5.74) is 5.78. The van der Waals surface area contributed by atoms with Gasteiger partial charge in [0.15, 0.2) is 5.65 Å². The molecule has 1 saturated heterocycles. The molecule has 0 amide bonds. The molecule has 2 aromatic heterocycles. The topological polar surface area (TPSA) is 102 Å². The lowest BCUT2D eigenvalue weighted by molar-refractivity contribution is 0.0365. The van der Waals surface area contributed by atoms with Gasteiger partial charge in [-0.3, -0.25) is 0 Å². The summed E-state index contributed by atoms with van der Waals surface area (Å²) < 4.78 is 7.19. The predicted molar refractivity (Wildman–Crippen MR) is 78.5 cm³/mol. The van der Waals surface area contributed by atoms with E-state index in [-0.39, 0.29) is 5.69 Å². The van der Waals surface area contributed by atoms with Gasteiger partial charge in [-0.05, 0) is 25.8 Å². The SMILES string of the molecule is NCCCOC1CCN(c2cc3n[nH]c(=O)n3cn2)CC1. The van der Waals surface area contributed by atoms with E-state index in [4.69, 9.17) is 10.5 Å². The minimum absolute atomic E-state index is 0.268. The maximum Gasteiger partial charge on any atom is 0.348 e. The van der Waals surface area contributed by atoms with Crippen molar-refractivity contribution in [2.75, 3.05) is 31.1 Å². The molecular weight excluding hydrogens is 272 g/mol. The predicted octanol–water partition coefficient (Wildman–Crippen LogP) is -0.248.